The van der Waals surface area contributed by atoms with Gasteiger partial charge >= 0.3 is 0 Å². The van der Waals surface area contributed by atoms with E-state index in [0.717, 1.165) is 6.42 Å². The molecular formula is C8H14FN3O. The highest BCUT2D eigenvalue weighted by molar-refractivity contribution is 5.86. The van der Waals surface area contributed by atoms with E-state index >= 15 is 0 Å². The van der Waals surface area contributed by atoms with E-state index in [1.165, 1.54) is 0 Å². The summed E-state index contributed by atoms with van der Waals surface area (Å²) in [6.45, 7) is 0.696. The summed E-state index contributed by atoms with van der Waals surface area (Å²) >= 11 is 0. The highest BCUT2D eigenvalue weighted by Crippen LogP contribution is 2.23. The highest BCUT2D eigenvalue weighted by atomic mass is 19.1. The molecule has 1 saturated carbocycles. The zero-order chi connectivity index (χ0) is 9.47. The number of carbonyl (C=O) groups is 1. The SMILES string of the molecule is NC1CC1NC(=O)C1(F)CCNC1. The summed E-state index contributed by atoms with van der Waals surface area (Å²) in [7, 11) is 0. The van der Waals surface area contributed by atoms with Crippen LogP contribution in [-0.2, 0) is 4.79 Å². The van der Waals surface area contributed by atoms with Crippen LogP contribution in [-0.4, -0.2) is 36.7 Å². The second-order valence-electron chi connectivity index (χ2n) is 3.87. The number of nitrogens with one attached hydrogen (secondary N) is 2. The van der Waals surface area contributed by atoms with Crippen molar-refractivity contribution in [3.63, 3.8) is 0 Å². The van der Waals surface area contributed by atoms with Gasteiger partial charge in [-0.2, -0.15) is 0 Å². The molecule has 1 amide bonds. The van der Waals surface area contributed by atoms with Crippen molar-refractivity contribution in [3.05, 3.63) is 0 Å². The number of hydrogen-bond donors (Lipinski definition) is 3. The molecule has 4 N–H and O–H groups in total. The Bertz CT molecular complexity index is 227. The second kappa shape index (κ2) is 2.92. The molecule has 2 fully saturated rings. The van der Waals surface area contributed by atoms with Crippen LogP contribution in [0.5, 0.6) is 0 Å². The lowest BCUT2D eigenvalue weighted by Crippen LogP contribution is -2.46. The van der Waals surface area contributed by atoms with Crippen molar-refractivity contribution in [1.29, 1.82) is 0 Å². The Labute approximate surface area is 76.0 Å². The van der Waals surface area contributed by atoms with Crippen LogP contribution in [0.15, 0.2) is 0 Å². The molecule has 1 aliphatic heterocycles. The predicted octanol–water partition coefficient (Wildman–Crippen LogP) is -1.10. The van der Waals surface area contributed by atoms with Gasteiger partial charge in [-0.05, 0) is 13.0 Å². The molecule has 0 aromatic rings. The molecule has 3 unspecified atom stereocenters. The molecule has 0 aromatic heterocycles. The predicted molar refractivity (Wildman–Crippen MR) is 45.8 cm³/mol. The van der Waals surface area contributed by atoms with Gasteiger partial charge in [0.2, 0.25) is 5.67 Å². The van der Waals surface area contributed by atoms with E-state index in [0.29, 0.717) is 6.54 Å². The molecule has 5 heteroatoms. The lowest BCUT2D eigenvalue weighted by Gasteiger charge is -2.17. The number of alkyl halides is 1. The maximum atomic E-state index is 13.7. The molecule has 4 nitrogen and oxygen atoms in total. The standard InChI is InChI=1S/C8H14FN3O/c9-8(1-2-11-4-8)7(13)12-6-3-5(6)10/h5-6,11H,1-4,10H2,(H,12,13). The van der Waals surface area contributed by atoms with Crippen LogP contribution < -0.4 is 16.4 Å². The van der Waals surface area contributed by atoms with Crippen molar-refractivity contribution in [1.82, 2.24) is 10.6 Å². The van der Waals surface area contributed by atoms with Crippen molar-refractivity contribution in [2.75, 3.05) is 13.1 Å². The number of carbonyl (C=O) groups excluding carboxylic acids is 1. The van der Waals surface area contributed by atoms with Gasteiger partial charge in [0.05, 0.1) is 0 Å². The first-order valence-corrected chi connectivity index (χ1v) is 4.58. The van der Waals surface area contributed by atoms with Gasteiger partial charge in [0.15, 0.2) is 0 Å². The van der Waals surface area contributed by atoms with E-state index < -0.39 is 11.6 Å². The number of halogens is 1. The minimum Gasteiger partial charge on any atom is -0.349 e. The maximum absolute atomic E-state index is 13.7. The molecule has 3 atom stereocenters. The van der Waals surface area contributed by atoms with Crippen molar-refractivity contribution < 1.29 is 9.18 Å². The summed E-state index contributed by atoms with van der Waals surface area (Å²) in [5.74, 6) is -0.504. The minimum absolute atomic E-state index is 0.000671. The van der Waals surface area contributed by atoms with E-state index in [2.05, 4.69) is 10.6 Å². The van der Waals surface area contributed by atoms with E-state index in [4.69, 9.17) is 5.73 Å². The summed E-state index contributed by atoms with van der Waals surface area (Å²) < 4.78 is 13.7. The minimum atomic E-state index is -1.71. The second-order valence-corrected chi connectivity index (χ2v) is 3.87. The molecule has 0 aromatic carbocycles. The zero-order valence-electron chi connectivity index (χ0n) is 7.35. The molecule has 0 bridgehead atoms. The van der Waals surface area contributed by atoms with E-state index in [1.54, 1.807) is 0 Å². The Balaban J connectivity index is 1.88. The molecule has 1 saturated heterocycles. The summed E-state index contributed by atoms with van der Waals surface area (Å²) in [4.78, 5) is 11.4. The number of nitrogens with two attached hydrogens (primary N) is 1. The van der Waals surface area contributed by atoms with Crippen LogP contribution in [0.25, 0.3) is 0 Å². The van der Waals surface area contributed by atoms with Crippen LogP contribution in [0.1, 0.15) is 12.8 Å². The third kappa shape index (κ3) is 1.66. The summed E-state index contributed by atoms with van der Waals surface area (Å²) in [6, 6.07) is 0.0302. The average molecular weight is 187 g/mol. The van der Waals surface area contributed by atoms with Crippen molar-refractivity contribution in [3.8, 4) is 0 Å². The monoisotopic (exact) mass is 187 g/mol. The Hall–Kier alpha value is -0.680. The van der Waals surface area contributed by atoms with Gasteiger partial charge in [-0.25, -0.2) is 4.39 Å². The quantitative estimate of drug-likeness (QED) is 0.514. The van der Waals surface area contributed by atoms with Gasteiger partial charge in [0.1, 0.15) is 0 Å². The molecule has 1 heterocycles. The Kier molecular flexibility index (Phi) is 2.00. The molecule has 0 spiro atoms. The fraction of sp³-hybridized carbons (Fsp3) is 0.875. The topological polar surface area (TPSA) is 67.1 Å². The van der Waals surface area contributed by atoms with Gasteiger partial charge < -0.3 is 16.4 Å². The third-order valence-electron chi connectivity index (χ3n) is 2.67. The Morgan fingerprint density at radius 2 is 2.38 bits per heavy atom. The Morgan fingerprint density at radius 1 is 1.69 bits per heavy atom. The number of amides is 1. The molecule has 74 valence electrons. The molecular weight excluding hydrogens is 173 g/mol. The first-order chi connectivity index (χ1) is 6.12. The average Bonchev–Trinajstić information content (AvgIpc) is 2.62. The lowest BCUT2D eigenvalue weighted by atomic mass is 10.1. The summed E-state index contributed by atoms with van der Waals surface area (Å²) in [6.07, 6.45) is 1.04. The molecule has 0 radical (unpaired) electrons. The van der Waals surface area contributed by atoms with E-state index in [9.17, 15) is 9.18 Å². The van der Waals surface area contributed by atoms with Crippen LogP contribution in [0.2, 0.25) is 0 Å². The molecule has 2 rings (SSSR count). The van der Waals surface area contributed by atoms with Crippen molar-refractivity contribution in [2.24, 2.45) is 5.73 Å². The summed E-state index contributed by atoms with van der Waals surface area (Å²) in [5, 5.41) is 5.44. The highest BCUT2D eigenvalue weighted by Gasteiger charge is 2.45. The van der Waals surface area contributed by atoms with Crippen LogP contribution in [0.4, 0.5) is 4.39 Å². The normalized spacial score (nSPS) is 43.2. The van der Waals surface area contributed by atoms with E-state index in [-0.39, 0.29) is 25.0 Å². The number of rotatable bonds is 2. The van der Waals surface area contributed by atoms with Crippen LogP contribution in [0, 0.1) is 0 Å². The van der Waals surface area contributed by atoms with Gasteiger partial charge in [0.25, 0.3) is 5.91 Å². The van der Waals surface area contributed by atoms with Gasteiger partial charge in [-0.1, -0.05) is 0 Å². The van der Waals surface area contributed by atoms with Crippen molar-refractivity contribution in [2.45, 2.75) is 30.6 Å². The van der Waals surface area contributed by atoms with Crippen molar-refractivity contribution >= 4 is 5.91 Å². The fourth-order valence-electron chi connectivity index (χ4n) is 1.53. The first kappa shape index (κ1) is 8.90. The largest absolute Gasteiger partial charge is 0.349 e. The van der Waals surface area contributed by atoms with Gasteiger partial charge in [0, 0.05) is 25.0 Å². The molecule has 13 heavy (non-hydrogen) atoms. The Morgan fingerprint density at radius 3 is 2.85 bits per heavy atom. The third-order valence-corrected chi connectivity index (χ3v) is 2.67. The number of hydrogen-bond acceptors (Lipinski definition) is 3. The fourth-order valence-corrected chi connectivity index (χ4v) is 1.53. The molecule has 2 aliphatic rings. The van der Waals surface area contributed by atoms with Gasteiger partial charge in [-0.15, -0.1) is 0 Å². The van der Waals surface area contributed by atoms with Crippen LogP contribution in [0.3, 0.4) is 0 Å². The first-order valence-electron chi connectivity index (χ1n) is 4.58. The van der Waals surface area contributed by atoms with Gasteiger partial charge in [-0.3, -0.25) is 4.79 Å². The lowest BCUT2D eigenvalue weighted by molar-refractivity contribution is -0.131. The van der Waals surface area contributed by atoms with Crippen LogP contribution >= 0.6 is 0 Å². The smallest absolute Gasteiger partial charge is 0.259 e. The van der Waals surface area contributed by atoms with E-state index in [1.807, 2.05) is 0 Å². The molecule has 1 aliphatic carbocycles. The maximum Gasteiger partial charge on any atom is 0.259 e. The summed E-state index contributed by atoms with van der Waals surface area (Å²) in [5.41, 5.74) is 3.80. The zero-order valence-corrected chi connectivity index (χ0v) is 7.35.